The summed E-state index contributed by atoms with van der Waals surface area (Å²) in [5.41, 5.74) is 5.45. The second-order valence-electron chi connectivity index (χ2n) is 13.0. The maximum Gasteiger partial charge on any atom is 1.00 e. The second kappa shape index (κ2) is 21.1. The van der Waals surface area contributed by atoms with Crippen molar-refractivity contribution in [2.75, 3.05) is 30.4 Å². The minimum Gasteiger partial charge on any atom is -0.744 e. The summed E-state index contributed by atoms with van der Waals surface area (Å²) in [6.45, 7) is 0. The number of nitrogens with zero attached hydrogens (tertiary/aromatic N) is 2. The SMILES string of the molecule is COc1cc(-c2ccc(N/N=C3/C(=O)c4ccc(Nc5ccccc5)cc4C=C3S(=O)(=O)[O-])c(OC)c2)ccc1N/N=C1/C=C(S(=O)(=O)[O-])c2cccc(S(=O)(=O)[O-])c2C1=O.[Na+].[Na+].[Na+]. The van der Waals surface area contributed by atoms with Gasteiger partial charge in [-0.15, -0.1) is 0 Å². The maximum absolute atomic E-state index is 13.6. The Hall–Kier alpha value is -4.01. The molecule has 0 atom stereocenters. The first-order valence-electron chi connectivity index (χ1n) is 17.4. The number of rotatable bonds is 12. The maximum atomic E-state index is 13.6. The van der Waals surface area contributed by atoms with Crippen molar-refractivity contribution in [3.63, 3.8) is 0 Å². The van der Waals surface area contributed by atoms with Gasteiger partial charge >= 0.3 is 88.7 Å². The Bertz CT molecular complexity index is 3160. The number of hydrazone groups is 2. The number of ether oxygens (including phenoxy) is 2. The number of fused-ring (bicyclic) bond motifs is 2. The number of hydrogen-bond acceptors (Lipinski definition) is 18. The predicted octanol–water partition coefficient (Wildman–Crippen LogP) is -3.87. The normalized spacial score (nSPS) is 14.6. The molecule has 2 aliphatic rings. The molecule has 2 aliphatic carbocycles. The van der Waals surface area contributed by atoms with Crippen LogP contribution in [-0.4, -0.2) is 76.1 Å². The van der Waals surface area contributed by atoms with Gasteiger partial charge in [0.1, 0.15) is 53.3 Å². The molecule has 312 valence electrons. The van der Waals surface area contributed by atoms with Gasteiger partial charge in [-0.3, -0.25) is 20.4 Å². The molecule has 0 radical (unpaired) electrons. The Labute approximate surface area is 433 Å². The number of anilines is 4. The van der Waals surface area contributed by atoms with Gasteiger partial charge in [-0.25, -0.2) is 25.3 Å². The number of carbonyl (C=O) groups excluding carboxylic acids is 2. The number of ketones is 2. The van der Waals surface area contributed by atoms with Crippen LogP contribution in [-0.2, 0) is 30.4 Å². The van der Waals surface area contributed by atoms with E-state index in [2.05, 4.69) is 26.4 Å². The van der Waals surface area contributed by atoms with Gasteiger partial charge in [-0.1, -0.05) is 42.5 Å². The van der Waals surface area contributed by atoms with Crippen LogP contribution < -0.4 is 114 Å². The first-order valence-corrected chi connectivity index (χ1v) is 21.6. The van der Waals surface area contributed by atoms with Crippen LogP contribution in [0.15, 0.2) is 129 Å². The first kappa shape index (κ1) is 52.6. The van der Waals surface area contributed by atoms with Crippen LogP contribution >= 0.6 is 0 Å². The van der Waals surface area contributed by atoms with E-state index in [9.17, 15) is 48.5 Å². The van der Waals surface area contributed by atoms with E-state index >= 15 is 0 Å². The zero-order chi connectivity index (χ0) is 43.9. The van der Waals surface area contributed by atoms with Gasteiger partial charge in [0.25, 0.3) is 0 Å². The minimum atomic E-state index is -5.29. The molecule has 0 amide bonds. The molecule has 0 aromatic heterocycles. The monoisotopic (exact) mass is 951 g/mol. The van der Waals surface area contributed by atoms with Crippen molar-refractivity contribution in [2.24, 2.45) is 10.2 Å². The molecular weight excluding hydrogens is 924 g/mol. The fourth-order valence-electron chi connectivity index (χ4n) is 6.43. The Morgan fingerprint density at radius 3 is 1.67 bits per heavy atom. The van der Waals surface area contributed by atoms with Crippen LogP contribution in [0, 0.1) is 0 Å². The van der Waals surface area contributed by atoms with Crippen LogP contribution in [0.25, 0.3) is 22.1 Å². The van der Waals surface area contributed by atoms with Crippen LogP contribution in [0.2, 0.25) is 0 Å². The van der Waals surface area contributed by atoms with Crippen molar-refractivity contribution < 1.29 is 147 Å². The van der Waals surface area contributed by atoms with E-state index in [1.807, 2.05) is 30.3 Å². The van der Waals surface area contributed by atoms with Gasteiger partial charge in [-0.2, -0.15) is 10.2 Å². The van der Waals surface area contributed by atoms with Crippen molar-refractivity contribution in [2.45, 2.75) is 4.90 Å². The number of carbonyl (C=O) groups is 2. The number of benzene rings is 5. The molecule has 7 rings (SSSR count). The molecule has 0 bridgehead atoms. The summed E-state index contributed by atoms with van der Waals surface area (Å²) in [6.07, 6.45) is 1.75. The molecule has 0 saturated carbocycles. The Kier molecular flexibility index (Phi) is 17.3. The third-order valence-electron chi connectivity index (χ3n) is 9.24. The zero-order valence-electron chi connectivity index (χ0n) is 34.4. The van der Waals surface area contributed by atoms with Gasteiger partial charge in [0.05, 0.1) is 45.9 Å². The summed E-state index contributed by atoms with van der Waals surface area (Å²) < 4.78 is 120. The van der Waals surface area contributed by atoms with E-state index in [1.54, 1.807) is 36.4 Å². The number of nitrogens with one attached hydrogen (secondary N) is 3. The summed E-state index contributed by atoms with van der Waals surface area (Å²) in [6, 6.07) is 25.9. The van der Waals surface area contributed by atoms with Gasteiger partial charge in [-0.05, 0) is 89.5 Å². The van der Waals surface area contributed by atoms with Gasteiger partial charge < -0.3 is 28.4 Å². The predicted molar refractivity (Wildman–Crippen MR) is 222 cm³/mol. The molecular formula is C40H28N5Na3O13S3. The van der Waals surface area contributed by atoms with Gasteiger partial charge in [0.2, 0.25) is 11.6 Å². The molecule has 0 spiro atoms. The smallest absolute Gasteiger partial charge is 0.744 e. The number of allylic oxidation sites excluding steroid dienone is 2. The summed E-state index contributed by atoms with van der Waals surface area (Å²) >= 11 is 0. The van der Waals surface area contributed by atoms with Crippen LogP contribution in [0.3, 0.4) is 0 Å². The topological polar surface area (TPSA) is 285 Å². The molecule has 0 unspecified atom stereocenters. The van der Waals surface area contributed by atoms with Crippen molar-refractivity contribution in [3.05, 3.63) is 136 Å². The Morgan fingerprint density at radius 2 is 1.12 bits per heavy atom. The molecule has 0 heterocycles. The summed E-state index contributed by atoms with van der Waals surface area (Å²) in [4.78, 5) is 24.1. The molecule has 5 aromatic carbocycles. The molecule has 3 N–H and O–H groups in total. The summed E-state index contributed by atoms with van der Waals surface area (Å²) in [5.74, 6) is -1.64. The average molecular weight is 952 g/mol. The van der Waals surface area contributed by atoms with Crippen molar-refractivity contribution in [3.8, 4) is 22.6 Å². The van der Waals surface area contributed by atoms with E-state index < -0.39 is 79.2 Å². The van der Waals surface area contributed by atoms with E-state index in [0.717, 1.165) is 30.0 Å². The summed E-state index contributed by atoms with van der Waals surface area (Å²) in [5, 5.41) is 11.1. The minimum absolute atomic E-state index is 0. The van der Waals surface area contributed by atoms with Crippen LogP contribution in [0.1, 0.15) is 31.8 Å². The average Bonchev–Trinajstić information content (AvgIpc) is 3.22. The third-order valence-corrected chi connectivity index (χ3v) is 11.8. The standard InChI is InChI=1S/C40H31N5O13S3.3Na/c1-57-32-18-22(11-15-29(32)42-44-31-21-35(60(51,52)53)28-9-6-10-34(59(48,49)50)37(28)40(31)47)23-12-16-30(33(19-23)58-2)43-45-38-36(61(54,55)56)20-24-17-26(13-14-27(24)39(38)46)41-25-7-4-3-5-8-25;;;/h3-21,41-43H,1-2H3,(H,48,49,50)(H,51,52,53)(H,54,55,56);;;/q;3*+1/p-3/b44-31-,45-38+;;;. The fraction of sp³-hybridized carbons (Fsp3) is 0.0500. The fourth-order valence-corrected chi connectivity index (χ4v) is 8.47. The number of hydrogen-bond donors (Lipinski definition) is 3. The van der Waals surface area contributed by atoms with E-state index in [0.29, 0.717) is 22.9 Å². The first-order chi connectivity index (χ1) is 28.9. The molecule has 64 heavy (non-hydrogen) atoms. The van der Waals surface area contributed by atoms with Crippen molar-refractivity contribution in [1.29, 1.82) is 0 Å². The van der Waals surface area contributed by atoms with E-state index in [1.165, 1.54) is 32.4 Å². The van der Waals surface area contributed by atoms with E-state index in [-0.39, 0.29) is 123 Å². The third kappa shape index (κ3) is 11.3. The van der Waals surface area contributed by atoms with Crippen LogP contribution in [0.5, 0.6) is 11.5 Å². The molecule has 0 aliphatic heterocycles. The number of Topliss-reactive ketones (excluding diaryl/α,β-unsaturated/α-hetero) is 2. The van der Waals surface area contributed by atoms with E-state index in [4.69, 9.17) is 9.47 Å². The quantitative estimate of drug-likeness (QED) is 0.0613. The molecule has 24 heteroatoms. The van der Waals surface area contributed by atoms with Gasteiger partial charge in [0, 0.05) is 22.5 Å². The largest absolute Gasteiger partial charge is 1.00 e. The molecule has 5 aromatic rings. The summed E-state index contributed by atoms with van der Waals surface area (Å²) in [7, 11) is -13.1. The number of methoxy groups -OCH3 is 2. The Balaban J connectivity index is 0.00000299. The molecule has 18 nitrogen and oxygen atoms in total. The zero-order valence-corrected chi connectivity index (χ0v) is 42.8. The molecule has 0 saturated heterocycles. The molecule has 0 fully saturated rings. The second-order valence-corrected chi connectivity index (χ2v) is 17.1. The van der Waals surface area contributed by atoms with Crippen LogP contribution in [0.4, 0.5) is 22.7 Å². The number of para-hydroxylation sites is 1. The van der Waals surface area contributed by atoms with Gasteiger partial charge in [0.15, 0.2) is 0 Å². The Morgan fingerprint density at radius 1 is 0.547 bits per heavy atom. The van der Waals surface area contributed by atoms with Crippen molar-refractivity contribution >= 4 is 87.1 Å². The van der Waals surface area contributed by atoms with Crippen molar-refractivity contribution in [1.82, 2.24) is 0 Å².